The van der Waals surface area contributed by atoms with Gasteiger partial charge in [-0.15, -0.1) is 0 Å². The van der Waals surface area contributed by atoms with E-state index in [0.717, 1.165) is 32.7 Å². The van der Waals surface area contributed by atoms with Crippen molar-refractivity contribution in [3.8, 4) is 0 Å². The van der Waals surface area contributed by atoms with E-state index in [4.69, 9.17) is 0 Å². The van der Waals surface area contributed by atoms with Crippen molar-refractivity contribution in [2.75, 3.05) is 32.7 Å². The van der Waals surface area contributed by atoms with Gasteiger partial charge in [-0.05, 0) is 5.56 Å². The van der Waals surface area contributed by atoms with Crippen LogP contribution in [0.2, 0.25) is 0 Å². The lowest BCUT2D eigenvalue weighted by Crippen LogP contribution is -2.57. The zero-order chi connectivity index (χ0) is 14.7. The largest absolute Gasteiger partial charge is 0.297 e. The van der Waals surface area contributed by atoms with E-state index in [9.17, 15) is 10.1 Å². The molecule has 0 saturated carbocycles. The van der Waals surface area contributed by atoms with Crippen molar-refractivity contribution in [1.82, 2.24) is 20.7 Å². The predicted octanol–water partition coefficient (Wildman–Crippen LogP) is -0.117. The van der Waals surface area contributed by atoms with Crippen molar-refractivity contribution in [3.05, 3.63) is 46.0 Å². The van der Waals surface area contributed by atoms with Crippen molar-refractivity contribution in [1.29, 1.82) is 0 Å². The van der Waals surface area contributed by atoms with Crippen molar-refractivity contribution in [3.63, 3.8) is 0 Å². The second-order valence-electron chi connectivity index (χ2n) is 5.62. The van der Waals surface area contributed by atoms with E-state index in [1.807, 2.05) is 6.07 Å². The van der Waals surface area contributed by atoms with Gasteiger partial charge in [0.2, 0.25) is 0 Å². The standard InChI is InChI=1S/C14H21N5O2/c20-19(21)13-10-15-16-14(13)18-8-6-17(7-9-18)11-12-4-2-1-3-5-12/h1-5,13-16H,6-11H2. The number of rotatable bonds is 4. The molecule has 21 heavy (non-hydrogen) atoms. The van der Waals surface area contributed by atoms with Crippen LogP contribution in [0.1, 0.15) is 5.56 Å². The van der Waals surface area contributed by atoms with Crippen molar-refractivity contribution < 1.29 is 4.92 Å². The molecular formula is C14H21N5O2. The van der Waals surface area contributed by atoms with Gasteiger partial charge >= 0.3 is 0 Å². The normalized spacial score (nSPS) is 27.8. The van der Waals surface area contributed by atoms with Crippen LogP contribution >= 0.6 is 0 Å². The molecule has 114 valence electrons. The van der Waals surface area contributed by atoms with Crippen LogP contribution in [-0.4, -0.2) is 59.7 Å². The lowest BCUT2D eigenvalue weighted by atomic mass is 10.1. The maximum absolute atomic E-state index is 11.0. The van der Waals surface area contributed by atoms with Gasteiger partial charge in [0.05, 0.1) is 6.54 Å². The number of piperazine rings is 1. The fraction of sp³-hybridized carbons (Fsp3) is 0.571. The van der Waals surface area contributed by atoms with Crippen molar-refractivity contribution >= 4 is 0 Å². The van der Waals surface area contributed by atoms with E-state index in [-0.39, 0.29) is 11.1 Å². The molecule has 2 unspecified atom stereocenters. The first-order valence-corrected chi connectivity index (χ1v) is 7.36. The van der Waals surface area contributed by atoms with Gasteiger partial charge in [0.25, 0.3) is 6.04 Å². The fourth-order valence-corrected chi connectivity index (χ4v) is 3.04. The van der Waals surface area contributed by atoms with Crippen molar-refractivity contribution in [2.45, 2.75) is 18.8 Å². The Morgan fingerprint density at radius 1 is 1.19 bits per heavy atom. The Labute approximate surface area is 124 Å². The summed E-state index contributed by atoms with van der Waals surface area (Å²) in [6.07, 6.45) is -0.195. The molecule has 2 saturated heterocycles. The highest BCUT2D eigenvalue weighted by Crippen LogP contribution is 2.14. The summed E-state index contributed by atoms with van der Waals surface area (Å²) in [5.41, 5.74) is 7.26. The van der Waals surface area contributed by atoms with Gasteiger partial charge in [0, 0.05) is 37.6 Å². The van der Waals surface area contributed by atoms with E-state index in [1.165, 1.54) is 5.56 Å². The third kappa shape index (κ3) is 3.38. The van der Waals surface area contributed by atoms with Crippen LogP contribution in [0.4, 0.5) is 0 Å². The summed E-state index contributed by atoms with van der Waals surface area (Å²) in [5, 5.41) is 11.0. The summed E-state index contributed by atoms with van der Waals surface area (Å²) < 4.78 is 0. The summed E-state index contributed by atoms with van der Waals surface area (Å²) in [6.45, 7) is 4.94. The Bertz CT molecular complexity index is 476. The van der Waals surface area contributed by atoms with Gasteiger partial charge in [-0.2, -0.15) is 0 Å². The summed E-state index contributed by atoms with van der Waals surface area (Å²) in [6, 6.07) is 9.85. The Hall–Kier alpha value is -1.54. The molecule has 2 fully saturated rings. The average molecular weight is 291 g/mol. The van der Waals surface area contributed by atoms with Crippen LogP contribution < -0.4 is 10.9 Å². The molecule has 2 atom stereocenters. The van der Waals surface area contributed by atoms with E-state index < -0.39 is 6.04 Å². The molecule has 0 bridgehead atoms. The smallest absolute Gasteiger partial charge is 0.256 e. The number of nitro groups is 1. The SMILES string of the molecule is O=[N+]([O-])C1CNNC1N1CCN(Cc2ccccc2)CC1. The first-order valence-electron chi connectivity index (χ1n) is 7.36. The molecule has 1 aromatic carbocycles. The molecule has 2 heterocycles. The number of nitrogens with zero attached hydrogens (tertiary/aromatic N) is 3. The van der Waals surface area contributed by atoms with Gasteiger partial charge in [0.1, 0.15) is 6.17 Å². The zero-order valence-corrected chi connectivity index (χ0v) is 11.9. The Kier molecular flexibility index (Phi) is 4.45. The third-order valence-electron chi connectivity index (χ3n) is 4.25. The number of hydrazine groups is 1. The minimum atomic E-state index is -0.564. The van der Waals surface area contributed by atoms with E-state index in [1.54, 1.807) is 0 Å². The molecule has 1 aromatic rings. The fourth-order valence-electron chi connectivity index (χ4n) is 3.04. The second kappa shape index (κ2) is 6.48. The zero-order valence-electron chi connectivity index (χ0n) is 11.9. The van der Waals surface area contributed by atoms with E-state index >= 15 is 0 Å². The van der Waals surface area contributed by atoms with Crippen LogP contribution in [0.5, 0.6) is 0 Å². The van der Waals surface area contributed by atoms with Crippen LogP contribution in [0, 0.1) is 10.1 Å². The molecule has 0 amide bonds. The summed E-state index contributed by atoms with van der Waals surface area (Å²) in [7, 11) is 0. The predicted molar refractivity (Wildman–Crippen MR) is 79.0 cm³/mol. The van der Waals surface area contributed by atoms with Gasteiger partial charge in [-0.1, -0.05) is 30.3 Å². The number of nitrogens with one attached hydrogen (secondary N) is 2. The van der Waals surface area contributed by atoms with Crippen LogP contribution in [0.3, 0.4) is 0 Å². The molecule has 2 N–H and O–H groups in total. The van der Waals surface area contributed by atoms with Gasteiger partial charge < -0.3 is 0 Å². The summed E-state index contributed by atoms with van der Waals surface area (Å²) >= 11 is 0. The summed E-state index contributed by atoms with van der Waals surface area (Å²) in [5.74, 6) is 0. The number of benzene rings is 1. The van der Waals surface area contributed by atoms with Crippen molar-refractivity contribution in [2.24, 2.45) is 0 Å². The lowest BCUT2D eigenvalue weighted by Gasteiger charge is -2.37. The molecular weight excluding hydrogens is 270 g/mol. The van der Waals surface area contributed by atoms with E-state index in [0.29, 0.717) is 6.54 Å². The van der Waals surface area contributed by atoms with E-state index in [2.05, 4.69) is 44.9 Å². The minimum absolute atomic E-state index is 0.186. The molecule has 0 aliphatic carbocycles. The molecule has 3 rings (SSSR count). The molecule has 7 nitrogen and oxygen atoms in total. The lowest BCUT2D eigenvalue weighted by molar-refractivity contribution is -0.524. The maximum atomic E-state index is 11.0. The number of hydrogen-bond donors (Lipinski definition) is 2. The van der Waals surface area contributed by atoms with Crippen LogP contribution in [0.25, 0.3) is 0 Å². The minimum Gasteiger partial charge on any atom is -0.297 e. The highest BCUT2D eigenvalue weighted by molar-refractivity contribution is 5.14. The first-order chi connectivity index (χ1) is 10.2. The molecule has 0 aromatic heterocycles. The molecule has 2 aliphatic heterocycles. The monoisotopic (exact) mass is 291 g/mol. The topological polar surface area (TPSA) is 73.7 Å². The number of hydrogen-bond acceptors (Lipinski definition) is 6. The van der Waals surface area contributed by atoms with Gasteiger partial charge in [-0.25, -0.2) is 10.9 Å². The Morgan fingerprint density at radius 3 is 2.57 bits per heavy atom. The molecule has 7 heteroatoms. The van der Waals surface area contributed by atoms with Gasteiger partial charge in [-0.3, -0.25) is 19.9 Å². The third-order valence-corrected chi connectivity index (χ3v) is 4.25. The molecule has 2 aliphatic rings. The van der Waals surface area contributed by atoms with Crippen LogP contribution in [0.15, 0.2) is 30.3 Å². The van der Waals surface area contributed by atoms with Gasteiger partial charge in [0.15, 0.2) is 0 Å². The highest BCUT2D eigenvalue weighted by Gasteiger charge is 2.41. The quantitative estimate of drug-likeness (QED) is 0.595. The first kappa shape index (κ1) is 14.4. The molecule has 0 radical (unpaired) electrons. The molecule has 0 spiro atoms. The summed E-state index contributed by atoms with van der Waals surface area (Å²) in [4.78, 5) is 15.4. The van der Waals surface area contributed by atoms with Crippen LogP contribution in [-0.2, 0) is 6.54 Å². The Balaban J connectivity index is 1.52. The average Bonchev–Trinajstić information content (AvgIpc) is 2.99. The Morgan fingerprint density at radius 2 is 1.90 bits per heavy atom. The second-order valence-corrected chi connectivity index (χ2v) is 5.62. The maximum Gasteiger partial charge on any atom is 0.256 e. The highest BCUT2D eigenvalue weighted by atomic mass is 16.6.